The Kier molecular flexibility index (Phi) is 17.3. The maximum absolute atomic E-state index is 14.2. The SMILES string of the molecule is CC[C@H](C)[C@@H]([C@@H](CC(=O)N1CCC[C@H]1[C@H](OC)[C@@H](C)C(=O)N[C@H](CO)Cc1ccccc1)OC)N(C)C(=O)[C@@H](NC(=O)N1CCO[C@H](C)C1)C(C)C. The van der Waals surface area contributed by atoms with E-state index in [-0.39, 0.29) is 60.8 Å². The Morgan fingerprint density at radius 2 is 1.73 bits per heavy atom. The van der Waals surface area contributed by atoms with Gasteiger partial charge in [0.2, 0.25) is 17.7 Å². The van der Waals surface area contributed by atoms with Crippen molar-refractivity contribution in [1.82, 2.24) is 25.3 Å². The normalized spacial score (nSPS) is 21.8. The number of benzene rings is 1. The standard InChI is InChI=1S/C39H65N5O8/c1-10-26(4)35(42(7)38(48)34(25(2)3)41-39(49)43-19-20-52-27(5)23-43)32(50-8)22-33(46)44-18-14-17-31(44)36(51-9)28(6)37(47)40-30(24-45)21-29-15-12-11-13-16-29/h11-13,15-16,25-28,30-32,34-36,45H,10,14,17-24H2,1-9H3,(H,40,47)(H,41,49)/t26-,27+,28+,30-,31-,32+,34-,35-,36+/m0/s1. The van der Waals surface area contributed by atoms with Gasteiger partial charge in [0.05, 0.1) is 62.0 Å². The molecule has 3 N–H and O–H groups in total. The van der Waals surface area contributed by atoms with Crippen LogP contribution in [0.5, 0.6) is 0 Å². The van der Waals surface area contributed by atoms with Gasteiger partial charge in [0.15, 0.2) is 0 Å². The van der Waals surface area contributed by atoms with Crippen molar-refractivity contribution in [2.75, 3.05) is 54.1 Å². The highest BCUT2D eigenvalue weighted by molar-refractivity contribution is 5.87. The van der Waals surface area contributed by atoms with Gasteiger partial charge in [-0.25, -0.2) is 4.79 Å². The number of carbonyl (C=O) groups is 4. The second-order valence-corrected chi connectivity index (χ2v) is 15.0. The molecule has 0 aliphatic carbocycles. The molecule has 1 aromatic carbocycles. The van der Waals surface area contributed by atoms with Crippen LogP contribution in [0.4, 0.5) is 4.79 Å². The molecule has 13 heteroatoms. The third-order valence-electron chi connectivity index (χ3n) is 10.9. The first kappa shape index (κ1) is 43.1. The molecule has 2 fully saturated rings. The number of aliphatic hydroxyl groups excluding tert-OH is 1. The highest BCUT2D eigenvalue weighted by Crippen LogP contribution is 2.30. The summed E-state index contributed by atoms with van der Waals surface area (Å²) in [7, 11) is 4.85. The van der Waals surface area contributed by atoms with Crippen molar-refractivity contribution >= 4 is 23.8 Å². The van der Waals surface area contributed by atoms with Gasteiger partial charge in [0, 0.05) is 40.9 Å². The molecule has 9 atom stereocenters. The van der Waals surface area contributed by atoms with Gasteiger partial charge in [-0.05, 0) is 43.6 Å². The smallest absolute Gasteiger partial charge is 0.318 e. The average molecular weight is 732 g/mol. The summed E-state index contributed by atoms with van der Waals surface area (Å²) in [6.07, 6.45) is 1.44. The lowest BCUT2D eigenvalue weighted by molar-refractivity contribution is -0.147. The largest absolute Gasteiger partial charge is 0.394 e. The van der Waals surface area contributed by atoms with Crippen LogP contribution >= 0.6 is 0 Å². The Morgan fingerprint density at radius 3 is 2.31 bits per heavy atom. The summed E-state index contributed by atoms with van der Waals surface area (Å²) in [5.74, 6) is -1.41. The zero-order valence-corrected chi connectivity index (χ0v) is 32.9. The van der Waals surface area contributed by atoms with E-state index in [1.54, 1.807) is 42.9 Å². The van der Waals surface area contributed by atoms with E-state index in [0.29, 0.717) is 39.1 Å². The number of likely N-dealkylation sites (tertiary alicyclic amines) is 1. The van der Waals surface area contributed by atoms with E-state index in [2.05, 4.69) is 10.6 Å². The summed E-state index contributed by atoms with van der Waals surface area (Å²) in [5.41, 5.74) is 1.01. The molecule has 2 saturated heterocycles. The number of likely N-dealkylation sites (N-methyl/N-ethyl adjacent to an activating group) is 1. The van der Waals surface area contributed by atoms with Crippen molar-refractivity contribution < 1.29 is 38.5 Å². The average Bonchev–Trinajstić information content (AvgIpc) is 3.62. The van der Waals surface area contributed by atoms with E-state index in [9.17, 15) is 24.3 Å². The van der Waals surface area contributed by atoms with E-state index in [4.69, 9.17) is 14.2 Å². The van der Waals surface area contributed by atoms with Crippen LogP contribution in [0.25, 0.3) is 0 Å². The third kappa shape index (κ3) is 11.4. The Balaban J connectivity index is 1.73. The fourth-order valence-corrected chi connectivity index (χ4v) is 7.66. The van der Waals surface area contributed by atoms with E-state index in [1.807, 2.05) is 65.0 Å². The van der Waals surface area contributed by atoms with Crippen molar-refractivity contribution in [3.63, 3.8) is 0 Å². The monoisotopic (exact) mass is 731 g/mol. The molecule has 5 amide bonds. The van der Waals surface area contributed by atoms with E-state index in [1.165, 1.54) is 0 Å². The number of ether oxygens (including phenoxy) is 3. The molecule has 13 nitrogen and oxygen atoms in total. The van der Waals surface area contributed by atoms with Crippen LogP contribution in [-0.2, 0) is 35.0 Å². The first-order chi connectivity index (χ1) is 24.8. The summed E-state index contributed by atoms with van der Waals surface area (Å²) in [5, 5.41) is 16.0. The number of morpholine rings is 1. The number of carbonyl (C=O) groups excluding carboxylic acids is 4. The highest BCUT2D eigenvalue weighted by Gasteiger charge is 2.43. The lowest BCUT2D eigenvalue weighted by Crippen LogP contribution is -2.60. The first-order valence-corrected chi connectivity index (χ1v) is 19.0. The van der Waals surface area contributed by atoms with Gasteiger partial charge < -0.3 is 44.7 Å². The molecule has 52 heavy (non-hydrogen) atoms. The summed E-state index contributed by atoms with van der Waals surface area (Å²) < 4.78 is 17.5. The maximum Gasteiger partial charge on any atom is 0.318 e. The number of urea groups is 1. The van der Waals surface area contributed by atoms with Gasteiger partial charge in [-0.1, -0.05) is 71.4 Å². The predicted octanol–water partition coefficient (Wildman–Crippen LogP) is 3.08. The van der Waals surface area contributed by atoms with Crippen molar-refractivity contribution in [2.45, 2.75) is 116 Å². The van der Waals surface area contributed by atoms with Gasteiger partial charge in [-0.2, -0.15) is 0 Å². The maximum atomic E-state index is 14.2. The van der Waals surface area contributed by atoms with Crippen molar-refractivity contribution in [1.29, 1.82) is 0 Å². The molecule has 2 heterocycles. The minimum atomic E-state index is -0.772. The van der Waals surface area contributed by atoms with Gasteiger partial charge in [0.25, 0.3) is 0 Å². The molecule has 1 aromatic rings. The fraction of sp³-hybridized carbons (Fsp3) is 0.744. The fourth-order valence-electron chi connectivity index (χ4n) is 7.66. The minimum absolute atomic E-state index is 0.0181. The molecule has 0 bridgehead atoms. The molecule has 294 valence electrons. The predicted molar refractivity (Wildman–Crippen MR) is 199 cm³/mol. The molecule has 3 rings (SSSR count). The quantitative estimate of drug-likeness (QED) is 0.209. The molecular formula is C39H65N5O8. The van der Waals surface area contributed by atoms with Crippen LogP contribution in [-0.4, -0.2) is 140 Å². The van der Waals surface area contributed by atoms with Crippen LogP contribution in [0.3, 0.4) is 0 Å². The number of hydrogen-bond donors (Lipinski definition) is 3. The number of nitrogens with zero attached hydrogens (tertiary/aromatic N) is 3. The lowest BCUT2D eigenvalue weighted by Gasteiger charge is -2.41. The number of nitrogens with one attached hydrogen (secondary N) is 2. The summed E-state index contributed by atoms with van der Waals surface area (Å²) in [6.45, 7) is 13.3. The number of aliphatic hydroxyl groups is 1. The number of methoxy groups -OCH3 is 2. The topological polar surface area (TPSA) is 150 Å². The molecule has 0 saturated carbocycles. The van der Waals surface area contributed by atoms with Crippen LogP contribution in [0.2, 0.25) is 0 Å². The lowest BCUT2D eigenvalue weighted by atomic mass is 9.89. The van der Waals surface area contributed by atoms with E-state index >= 15 is 0 Å². The Hall–Kier alpha value is -3.26. The second kappa shape index (κ2) is 20.8. The Bertz CT molecular complexity index is 1280. The van der Waals surface area contributed by atoms with E-state index < -0.39 is 36.3 Å². The van der Waals surface area contributed by atoms with Gasteiger partial charge in [-0.3, -0.25) is 14.4 Å². The van der Waals surface area contributed by atoms with E-state index in [0.717, 1.165) is 18.4 Å². The molecule has 0 aromatic heterocycles. The summed E-state index contributed by atoms with van der Waals surface area (Å²) in [4.78, 5) is 60.1. The third-order valence-corrected chi connectivity index (χ3v) is 10.9. The molecular weight excluding hydrogens is 666 g/mol. The second-order valence-electron chi connectivity index (χ2n) is 15.0. The zero-order chi connectivity index (χ0) is 38.5. The van der Waals surface area contributed by atoms with Gasteiger partial charge in [-0.15, -0.1) is 0 Å². The van der Waals surface area contributed by atoms with Crippen molar-refractivity contribution in [3.8, 4) is 0 Å². The van der Waals surface area contributed by atoms with Gasteiger partial charge in [0.1, 0.15) is 6.04 Å². The number of hydrogen-bond acceptors (Lipinski definition) is 8. The van der Waals surface area contributed by atoms with Crippen molar-refractivity contribution in [2.24, 2.45) is 17.8 Å². The Labute approximate surface area is 311 Å². The molecule has 0 radical (unpaired) electrons. The van der Waals surface area contributed by atoms with Crippen LogP contribution in [0.15, 0.2) is 30.3 Å². The molecule has 0 spiro atoms. The van der Waals surface area contributed by atoms with Crippen LogP contribution in [0.1, 0.15) is 72.8 Å². The minimum Gasteiger partial charge on any atom is -0.394 e. The molecule has 2 aliphatic rings. The van der Waals surface area contributed by atoms with Crippen molar-refractivity contribution in [3.05, 3.63) is 35.9 Å². The first-order valence-electron chi connectivity index (χ1n) is 19.0. The Morgan fingerprint density at radius 1 is 1.04 bits per heavy atom. The zero-order valence-electron chi connectivity index (χ0n) is 32.9. The van der Waals surface area contributed by atoms with Crippen LogP contribution in [0, 0.1) is 17.8 Å². The number of rotatable bonds is 18. The highest BCUT2D eigenvalue weighted by atomic mass is 16.5. The molecule has 0 unspecified atom stereocenters. The summed E-state index contributed by atoms with van der Waals surface area (Å²) >= 11 is 0. The van der Waals surface area contributed by atoms with Crippen LogP contribution < -0.4 is 10.6 Å². The summed E-state index contributed by atoms with van der Waals surface area (Å²) in [6, 6.07) is 7.38. The number of amides is 5. The molecule has 2 aliphatic heterocycles. The van der Waals surface area contributed by atoms with Gasteiger partial charge >= 0.3 is 6.03 Å².